The summed E-state index contributed by atoms with van der Waals surface area (Å²) in [5.41, 5.74) is 3.14. The third-order valence-corrected chi connectivity index (χ3v) is 6.68. The smallest absolute Gasteiger partial charge is 0.269 e. The number of hydrogen-bond donors (Lipinski definition) is 0. The maximum Gasteiger partial charge on any atom is 0.269 e. The molecule has 0 atom stereocenters. The Morgan fingerprint density at radius 3 is 2.30 bits per heavy atom. The van der Waals surface area contributed by atoms with Crippen molar-refractivity contribution in [3.8, 4) is 0 Å². The summed E-state index contributed by atoms with van der Waals surface area (Å²) in [6.07, 6.45) is 0.619. The molecule has 1 aliphatic rings. The number of benzene rings is 3. The van der Waals surface area contributed by atoms with E-state index in [1.807, 2.05) is 46.9 Å². The van der Waals surface area contributed by atoms with Crippen LogP contribution in [0.4, 0.5) is 11.6 Å². The molecule has 0 radical (unpaired) electrons. The number of fused-ring (bicyclic) bond motifs is 3. The van der Waals surface area contributed by atoms with E-state index in [1.165, 1.54) is 24.3 Å². The fraction of sp³-hybridized carbons (Fsp3) is 0.185. The molecule has 37 heavy (non-hydrogen) atoms. The van der Waals surface area contributed by atoms with Gasteiger partial charge in [0.15, 0.2) is 5.65 Å². The van der Waals surface area contributed by atoms with Crippen molar-refractivity contribution in [2.75, 3.05) is 31.1 Å². The Morgan fingerprint density at radius 1 is 0.865 bits per heavy atom. The Balaban J connectivity index is 1.30. The highest BCUT2D eigenvalue weighted by Gasteiger charge is 2.26. The van der Waals surface area contributed by atoms with E-state index in [4.69, 9.17) is 4.98 Å². The van der Waals surface area contributed by atoms with Crippen LogP contribution in [-0.2, 0) is 6.42 Å². The normalized spacial score (nSPS) is 13.8. The van der Waals surface area contributed by atoms with Gasteiger partial charge in [-0.05, 0) is 29.8 Å². The lowest BCUT2D eigenvalue weighted by Crippen LogP contribution is -2.49. The van der Waals surface area contributed by atoms with Crippen molar-refractivity contribution in [3.63, 3.8) is 0 Å². The summed E-state index contributed by atoms with van der Waals surface area (Å²) in [6, 6.07) is 23.8. The van der Waals surface area contributed by atoms with Crippen molar-refractivity contribution in [2.45, 2.75) is 6.42 Å². The van der Waals surface area contributed by atoms with Crippen molar-refractivity contribution < 1.29 is 9.72 Å². The van der Waals surface area contributed by atoms with Gasteiger partial charge in [-0.15, -0.1) is 10.2 Å². The van der Waals surface area contributed by atoms with Crippen LogP contribution in [-0.4, -0.2) is 61.5 Å². The lowest BCUT2D eigenvalue weighted by atomic mass is 10.1. The molecule has 184 valence electrons. The highest BCUT2D eigenvalue weighted by atomic mass is 16.6. The van der Waals surface area contributed by atoms with Crippen molar-refractivity contribution >= 4 is 34.1 Å². The molecule has 3 aromatic carbocycles. The number of para-hydroxylation sites is 1. The number of aromatic nitrogens is 4. The molecule has 0 unspecified atom stereocenters. The average molecular weight is 494 g/mol. The highest BCUT2D eigenvalue weighted by molar-refractivity contribution is 5.95. The second kappa shape index (κ2) is 9.30. The topological polar surface area (TPSA) is 110 Å². The van der Waals surface area contributed by atoms with Gasteiger partial charge in [0.05, 0.1) is 10.4 Å². The summed E-state index contributed by atoms with van der Waals surface area (Å²) in [7, 11) is 0. The largest absolute Gasteiger partial charge is 0.338 e. The van der Waals surface area contributed by atoms with Crippen molar-refractivity contribution in [1.29, 1.82) is 0 Å². The van der Waals surface area contributed by atoms with E-state index in [-0.39, 0.29) is 11.6 Å². The van der Waals surface area contributed by atoms with Gasteiger partial charge in [0.25, 0.3) is 11.6 Å². The van der Waals surface area contributed by atoms with Crippen molar-refractivity contribution in [1.82, 2.24) is 24.5 Å². The van der Waals surface area contributed by atoms with Crippen LogP contribution in [0.3, 0.4) is 0 Å². The molecule has 1 fully saturated rings. The van der Waals surface area contributed by atoms with E-state index in [0.717, 1.165) is 33.9 Å². The minimum atomic E-state index is -0.471. The van der Waals surface area contributed by atoms with Crippen LogP contribution >= 0.6 is 0 Å². The fourth-order valence-corrected chi connectivity index (χ4v) is 4.74. The van der Waals surface area contributed by atoms with Crippen LogP contribution in [0.2, 0.25) is 0 Å². The number of anilines is 1. The molecule has 1 aliphatic heterocycles. The fourth-order valence-electron chi connectivity index (χ4n) is 4.74. The summed E-state index contributed by atoms with van der Waals surface area (Å²) in [6.45, 7) is 2.17. The molecule has 6 rings (SSSR count). The van der Waals surface area contributed by atoms with Gasteiger partial charge in [-0.25, -0.2) is 9.38 Å². The summed E-state index contributed by atoms with van der Waals surface area (Å²) in [4.78, 5) is 32.4. The zero-order valence-electron chi connectivity index (χ0n) is 19.9. The Kier molecular flexibility index (Phi) is 5.68. The Hall–Kier alpha value is -4.86. The van der Waals surface area contributed by atoms with Crippen LogP contribution in [0.1, 0.15) is 21.7 Å². The lowest BCUT2D eigenvalue weighted by Gasteiger charge is -2.35. The van der Waals surface area contributed by atoms with Crippen LogP contribution in [0.15, 0.2) is 78.9 Å². The molecule has 0 N–H and O–H groups in total. The Bertz CT molecular complexity index is 1610. The van der Waals surface area contributed by atoms with Gasteiger partial charge in [-0.1, -0.05) is 42.5 Å². The predicted octanol–water partition coefficient (Wildman–Crippen LogP) is 3.74. The number of piperazine rings is 1. The van der Waals surface area contributed by atoms with Crippen LogP contribution < -0.4 is 4.90 Å². The van der Waals surface area contributed by atoms with E-state index < -0.39 is 4.92 Å². The summed E-state index contributed by atoms with van der Waals surface area (Å²) in [5.74, 6) is 1.42. The first-order chi connectivity index (χ1) is 18.1. The van der Waals surface area contributed by atoms with E-state index in [1.54, 1.807) is 4.90 Å². The summed E-state index contributed by atoms with van der Waals surface area (Å²) >= 11 is 0. The maximum atomic E-state index is 13.0. The monoisotopic (exact) mass is 493 g/mol. The van der Waals surface area contributed by atoms with E-state index in [0.29, 0.717) is 38.2 Å². The van der Waals surface area contributed by atoms with Gasteiger partial charge in [0, 0.05) is 55.7 Å². The first-order valence-electron chi connectivity index (χ1n) is 12.0. The standard InChI is InChI=1S/C27H23N7O3/c35-26(20-10-12-21(13-11-20)34(36)37)31-14-16-32(17-15-31)27-28-23-9-5-4-8-22(23)25-30-29-24(33(25)27)18-19-6-2-1-3-7-19/h1-13H,14-18H2. The second-order valence-corrected chi connectivity index (χ2v) is 8.95. The minimum absolute atomic E-state index is 0.0342. The van der Waals surface area contributed by atoms with Crippen LogP contribution in [0.5, 0.6) is 0 Å². The molecule has 10 heteroatoms. The number of amides is 1. The quantitative estimate of drug-likeness (QED) is 0.271. The van der Waals surface area contributed by atoms with E-state index in [9.17, 15) is 14.9 Å². The van der Waals surface area contributed by atoms with E-state index in [2.05, 4.69) is 27.2 Å². The van der Waals surface area contributed by atoms with Gasteiger partial charge in [-0.2, -0.15) is 0 Å². The summed E-state index contributed by atoms with van der Waals surface area (Å²) < 4.78 is 2.03. The Morgan fingerprint density at radius 2 is 1.57 bits per heavy atom. The molecule has 0 bridgehead atoms. The van der Waals surface area contributed by atoms with Gasteiger partial charge < -0.3 is 9.80 Å². The van der Waals surface area contributed by atoms with Gasteiger partial charge in [0.1, 0.15) is 5.82 Å². The molecule has 3 heterocycles. The van der Waals surface area contributed by atoms with Gasteiger partial charge >= 0.3 is 0 Å². The third-order valence-electron chi connectivity index (χ3n) is 6.68. The first-order valence-corrected chi connectivity index (χ1v) is 12.0. The predicted molar refractivity (Wildman–Crippen MR) is 139 cm³/mol. The SMILES string of the molecule is O=C(c1ccc([N+](=O)[O-])cc1)N1CCN(c2nc3ccccc3c3nnc(Cc4ccccc4)n23)CC1. The third kappa shape index (κ3) is 4.22. The number of carbonyl (C=O) groups excluding carboxylic acids is 1. The van der Waals surface area contributed by atoms with Crippen molar-refractivity contribution in [2.24, 2.45) is 0 Å². The molecule has 0 aliphatic carbocycles. The van der Waals surface area contributed by atoms with Crippen LogP contribution in [0, 0.1) is 10.1 Å². The molecule has 10 nitrogen and oxygen atoms in total. The highest BCUT2D eigenvalue weighted by Crippen LogP contribution is 2.26. The lowest BCUT2D eigenvalue weighted by molar-refractivity contribution is -0.384. The maximum absolute atomic E-state index is 13.0. The van der Waals surface area contributed by atoms with Crippen molar-refractivity contribution in [3.05, 3.63) is 106 Å². The average Bonchev–Trinajstić information content (AvgIpc) is 3.37. The molecular weight excluding hydrogens is 470 g/mol. The number of rotatable bonds is 5. The number of nitro benzene ring substituents is 1. The zero-order chi connectivity index (χ0) is 25.4. The number of hydrogen-bond acceptors (Lipinski definition) is 7. The number of nitro groups is 1. The molecule has 1 amide bonds. The molecule has 0 saturated carbocycles. The van der Waals surface area contributed by atoms with E-state index >= 15 is 0 Å². The summed E-state index contributed by atoms with van der Waals surface area (Å²) in [5, 5.41) is 20.9. The molecule has 0 spiro atoms. The molecule has 1 saturated heterocycles. The first kappa shape index (κ1) is 22.6. The second-order valence-electron chi connectivity index (χ2n) is 8.95. The molecular formula is C27H23N7O3. The molecule has 2 aromatic heterocycles. The zero-order valence-corrected chi connectivity index (χ0v) is 19.9. The number of nitrogens with zero attached hydrogens (tertiary/aromatic N) is 7. The Labute approximate surface area is 211 Å². The van der Waals surface area contributed by atoms with Gasteiger partial charge in [-0.3, -0.25) is 14.9 Å². The van der Waals surface area contributed by atoms with Gasteiger partial charge in [0.2, 0.25) is 5.95 Å². The van der Waals surface area contributed by atoms with Crippen LogP contribution in [0.25, 0.3) is 16.6 Å². The number of non-ortho nitro benzene ring substituents is 1. The minimum Gasteiger partial charge on any atom is -0.338 e. The molecule has 5 aromatic rings. The number of carbonyl (C=O) groups is 1.